The lowest BCUT2D eigenvalue weighted by atomic mass is 10.2. The van der Waals surface area contributed by atoms with Crippen LogP contribution in [0.1, 0.15) is 16.2 Å². The van der Waals surface area contributed by atoms with Crippen LogP contribution < -0.4 is 15.0 Å². The van der Waals surface area contributed by atoms with Crippen molar-refractivity contribution in [2.24, 2.45) is 0 Å². The predicted molar refractivity (Wildman–Crippen MR) is 99.2 cm³/mol. The van der Waals surface area contributed by atoms with E-state index in [0.29, 0.717) is 17.3 Å². The summed E-state index contributed by atoms with van der Waals surface area (Å²) >= 11 is 0. The van der Waals surface area contributed by atoms with E-state index in [1.807, 2.05) is 0 Å². The van der Waals surface area contributed by atoms with Crippen LogP contribution in [-0.2, 0) is 16.6 Å². The SMILES string of the molecule is COc1nc(CNC(=O)c2ccc(S(=O)(=O)N(C)C)cc2)nc(N(C)C)n1. The van der Waals surface area contributed by atoms with Crippen molar-refractivity contribution in [1.82, 2.24) is 24.6 Å². The van der Waals surface area contributed by atoms with Crippen molar-refractivity contribution in [3.05, 3.63) is 35.7 Å². The molecule has 1 aromatic heterocycles. The fraction of sp³-hybridized carbons (Fsp3) is 0.375. The van der Waals surface area contributed by atoms with Crippen LogP contribution in [0.25, 0.3) is 0 Å². The summed E-state index contributed by atoms with van der Waals surface area (Å²) in [5.41, 5.74) is 0.321. The molecule has 2 aromatic rings. The molecule has 0 saturated heterocycles. The molecule has 0 saturated carbocycles. The topological polar surface area (TPSA) is 118 Å². The monoisotopic (exact) mass is 394 g/mol. The minimum atomic E-state index is -3.54. The fourth-order valence-corrected chi connectivity index (χ4v) is 2.91. The van der Waals surface area contributed by atoms with Crippen molar-refractivity contribution < 1.29 is 17.9 Å². The zero-order valence-electron chi connectivity index (χ0n) is 15.8. The van der Waals surface area contributed by atoms with Gasteiger partial charge in [0, 0.05) is 33.8 Å². The molecule has 0 bridgehead atoms. The van der Waals surface area contributed by atoms with Gasteiger partial charge in [-0.1, -0.05) is 0 Å². The van der Waals surface area contributed by atoms with E-state index in [0.717, 1.165) is 4.31 Å². The number of carbonyl (C=O) groups excluding carboxylic acids is 1. The van der Waals surface area contributed by atoms with E-state index in [2.05, 4.69) is 20.3 Å². The number of nitrogens with zero attached hydrogens (tertiary/aromatic N) is 5. The molecule has 0 aliphatic carbocycles. The van der Waals surface area contributed by atoms with E-state index in [-0.39, 0.29) is 23.4 Å². The molecule has 10 nitrogen and oxygen atoms in total. The first-order chi connectivity index (χ1) is 12.6. The van der Waals surface area contributed by atoms with Gasteiger partial charge in [0.1, 0.15) is 0 Å². The summed E-state index contributed by atoms with van der Waals surface area (Å²) < 4.78 is 30.3. The second kappa shape index (κ2) is 8.27. The number of sulfonamides is 1. The predicted octanol–water partition coefficient (Wildman–Crippen LogP) is 0.127. The number of aromatic nitrogens is 3. The lowest BCUT2D eigenvalue weighted by Gasteiger charge is -2.13. The van der Waals surface area contributed by atoms with E-state index in [1.165, 1.54) is 45.5 Å². The molecule has 0 aliphatic heterocycles. The number of nitrogens with one attached hydrogen (secondary N) is 1. The average molecular weight is 394 g/mol. The van der Waals surface area contributed by atoms with Gasteiger partial charge in [0.25, 0.3) is 5.91 Å². The summed E-state index contributed by atoms with van der Waals surface area (Å²) in [5, 5.41) is 2.69. The number of hydrogen-bond donors (Lipinski definition) is 1. The minimum absolute atomic E-state index is 0.0658. The van der Waals surface area contributed by atoms with Gasteiger partial charge in [-0.3, -0.25) is 4.79 Å². The van der Waals surface area contributed by atoms with Gasteiger partial charge in [-0.05, 0) is 24.3 Å². The summed E-state index contributed by atoms with van der Waals surface area (Å²) in [4.78, 5) is 26.5. The molecule has 27 heavy (non-hydrogen) atoms. The van der Waals surface area contributed by atoms with Crippen LogP contribution in [0.2, 0.25) is 0 Å². The van der Waals surface area contributed by atoms with Crippen molar-refractivity contribution in [3.8, 4) is 6.01 Å². The highest BCUT2D eigenvalue weighted by atomic mass is 32.2. The molecule has 0 radical (unpaired) electrons. The molecule has 1 aromatic carbocycles. The lowest BCUT2D eigenvalue weighted by Crippen LogP contribution is -2.25. The van der Waals surface area contributed by atoms with Gasteiger partial charge in [-0.25, -0.2) is 12.7 Å². The smallest absolute Gasteiger partial charge is 0.321 e. The molecular weight excluding hydrogens is 372 g/mol. The van der Waals surface area contributed by atoms with Gasteiger partial charge in [-0.15, -0.1) is 0 Å². The molecule has 11 heteroatoms. The van der Waals surface area contributed by atoms with E-state index < -0.39 is 10.0 Å². The Morgan fingerprint density at radius 2 is 1.70 bits per heavy atom. The van der Waals surface area contributed by atoms with Gasteiger partial charge in [0.15, 0.2) is 5.82 Å². The second-order valence-corrected chi connectivity index (χ2v) is 8.08. The second-order valence-electron chi connectivity index (χ2n) is 5.93. The third kappa shape index (κ3) is 4.89. The quantitative estimate of drug-likeness (QED) is 0.704. The highest BCUT2D eigenvalue weighted by Crippen LogP contribution is 2.14. The zero-order chi connectivity index (χ0) is 20.2. The first kappa shape index (κ1) is 20.5. The van der Waals surface area contributed by atoms with Gasteiger partial charge >= 0.3 is 6.01 Å². The van der Waals surface area contributed by atoms with E-state index in [1.54, 1.807) is 19.0 Å². The number of rotatable bonds is 7. The number of anilines is 1. The molecule has 0 unspecified atom stereocenters. The Labute approximate surface area is 158 Å². The number of amides is 1. The highest BCUT2D eigenvalue weighted by Gasteiger charge is 2.17. The van der Waals surface area contributed by atoms with Crippen LogP contribution in [-0.4, -0.2) is 68.9 Å². The van der Waals surface area contributed by atoms with Crippen LogP contribution in [0.5, 0.6) is 6.01 Å². The number of hydrogen-bond acceptors (Lipinski definition) is 8. The van der Waals surface area contributed by atoms with Crippen LogP contribution in [0.3, 0.4) is 0 Å². The molecule has 2 rings (SSSR count). The Morgan fingerprint density at radius 1 is 1.07 bits per heavy atom. The van der Waals surface area contributed by atoms with Crippen LogP contribution in [0, 0.1) is 0 Å². The fourth-order valence-electron chi connectivity index (χ4n) is 2.01. The largest absolute Gasteiger partial charge is 0.467 e. The van der Waals surface area contributed by atoms with Gasteiger partial charge in [0.05, 0.1) is 18.6 Å². The normalized spacial score (nSPS) is 11.3. The Bertz CT molecular complexity index is 913. The van der Waals surface area contributed by atoms with Crippen LogP contribution >= 0.6 is 0 Å². The van der Waals surface area contributed by atoms with Crippen LogP contribution in [0.15, 0.2) is 29.2 Å². The van der Waals surface area contributed by atoms with E-state index in [4.69, 9.17) is 4.74 Å². The van der Waals surface area contributed by atoms with E-state index >= 15 is 0 Å². The number of methoxy groups -OCH3 is 1. The Kier molecular flexibility index (Phi) is 6.28. The Balaban J connectivity index is 2.11. The molecule has 1 heterocycles. The van der Waals surface area contributed by atoms with Gasteiger partial charge in [-0.2, -0.15) is 15.0 Å². The summed E-state index contributed by atoms with van der Waals surface area (Å²) in [6.07, 6.45) is 0. The van der Waals surface area contributed by atoms with Crippen molar-refractivity contribution in [2.45, 2.75) is 11.4 Å². The maximum atomic E-state index is 12.3. The summed E-state index contributed by atoms with van der Waals surface area (Å²) in [5.74, 6) is 0.365. The summed E-state index contributed by atoms with van der Waals surface area (Å²) in [7, 11) is 4.35. The van der Waals surface area contributed by atoms with Gasteiger partial charge in [0.2, 0.25) is 16.0 Å². The lowest BCUT2D eigenvalue weighted by molar-refractivity contribution is 0.0949. The molecule has 0 spiro atoms. The maximum Gasteiger partial charge on any atom is 0.321 e. The van der Waals surface area contributed by atoms with Crippen molar-refractivity contribution >= 4 is 21.9 Å². The average Bonchev–Trinajstić information content (AvgIpc) is 2.65. The maximum absolute atomic E-state index is 12.3. The Hall–Kier alpha value is -2.79. The van der Waals surface area contributed by atoms with Crippen LogP contribution in [0.4, 0.5) is 5.95 Å². The third-order valence-corrected chi connectivity index (χ3v) is 5.36. The molecule has 1 amide bonds. The highest BCUT2D eigenvalue weighted by molar-refractivity contribution is 7.89. The first-order valence-corrected chi connectivity index (χ1v) is 9.36. The minimum Gasteiger partial charge on any atom is -0.467 e. The Morgan fingerprint density at radius 3 is 2.22 bits per heavy atom. The molecule has 146 valence electrons. The summed E-state index contributed by atoms with van der Waals surface area (Å²) in [6, 6.07) is 5.83. The molecular formula is C16H22N6O4S. The molecule has 0 atom stereocenters. The first-order valence-electron chi connectivity index (χ1n) is 7.92. The van der Waals surface area contributed by atoms with Crippen molar-refractivity contribution in [1.29, 1.82) is 0 Å². The number of benzene rings is 1. The molecule has 1 N–H and O–H groups in total. The molecule has 0 aliphatic rings. The summed E-state index contributed by atoms with van der Waals surface area (Å²) in [6.45, 7) is 0.0658. The van der Waals surface area contributed by atoms with Crippen molar-refractivity contribution in [3.63, 3.8) is 0 Å². The standard InChI is InChI=1S/C16H22N6O4S/c1-21(2)15-18-13(19-16(20-15)26-5)10-17-14(23)11-6-8-12(9-7-11)27(24,25)22(3)4/h6-9H,10H2,1-5H3,(H,17,23). The van der Waals surface area contributed by atoms with E-state index in [9.17, 15) is 13.2 Å². The number of carbonyl (C=O) groups is 1. The van der Waals surface area contributed by atoms with Crippen molar-refractivity contribution in [2.75, 3.05) is 40.2 Å². The zero-order valence-corrected chi connectivity index (χ0v) is 16.6. The third-order valence-electron chi connectivity index (χ3n) is 3.53. The number of ether oxygens (including phenoxy) is 1. The molecule has 0 fully saturated rings. The van der Waals surface area contributed by atoms with Gasteiger partial charge < -0.3 is 15.0 Å².